The van der Waals surface area contributed by atoms with Crippen molar-refractivity contribution in [3.63, 3.8) is 0 Å². The normalized spacial score (nSPS) is 24.1. The maximum Gasteiger partial charge on any atom is 0.0296 e. The fourth-order valence-corrected chi connectivity index (χ4v) is 3.31. The van der Waals surface area contributed by atoms with Gasteiger partial charge in [-0.15, -0.1) is 0 Å². The number of nitrogens with zero attached hydrogens (tertiary/aromatic N) is 1. The largest absolute Gasteiger partial charge is 0.307 e. The van der Waals surface area contributed by atoms with E-state index in [0.717, 1.165) is 5.92 Å². The Morgan fingerprint density at radius 2 is 2.00 bits per heavy atom. The average molecular weight is 260 g/mol. The van der Waals surface area contributed by atoms with Crippen LogP contribution in [0.2, 0.25) is 0 Å². The van der Waals surface area contributed by atoms with E-state index in [1.54, 1.807) is 0 Å². The average Bonchev–Trinajstić information content (AvgIpc) is 2.39. The van der Waals surface area contributed by atoms with E-state index in [4.69, 9.17) is 0 Å². The van der Waals surface area contributed by atoms with Crippen LogP contribution in [0.15, 0.2) is 24.3 Å². The summed E-state index contributed by atoms with van der Waals surface area (Å²) in [5, 5.41) is 3.80. The molecule has 2 unspecified atom stereocenters. The van der Waals surface area contributed by atoms with Gasteiger partial charge >= 0.3 is 0 Å². The molecule has 0 bridgehead atoms. The minimum Gasteiger partial charge on any atom is -0.307 e. The lowest BCUT2D eigenvalue weighted by atomic mass is 9.90. The minimum absolute atomic E-state index is 0.434. The standard InChI is InChI=1S/C17H28N2/c1-13-8-5-6-10-17(13)15(3)18-14(2)16-9-7-11-19(4)12-16/h5-6,8,10,14-16,18H,7,9,11-12H2,1-4H3/t14?,15-,16?/m1/s1. The van der Waals surface area contributed by atoms with Gasteiger partial charge in [0.2, 0.25) is 0 Å². The van der Waals surface area contributed by atoms with E-state index >= 15 is 0 Å². The molecule has 0 aromatic heterocycles. The molecule has 2 heteroatoms. The van der Waals surface area contributed by atoms with Crippen molar-refractivity contribution >= 4 is 0 Å². The summed E-state index contributed by atoms with van der Waals surface area (Å²) in [6.45, 7) is 9.32. The van der Waals surface area contributed by atoms with Crippen molar-refractivity contribution in [3.8, 4) is 0 Å². The van der Waals surface area contributed by atoms with Crippen LogP contribution in [-0.4, -0.2) is 31.1 Å². The van der Waals surface area contributed by atoms with Gasteiger partial charge in [-0.2, -0.15) is 0 Å². The molecule has 1 heterocycles. The van der Waals surface area contributed by atoms with Gasteiger partial charge in [-0.05, 0) is 64.3 Å². The molecule has 2 nitrogen and oxygen atoms in total. The lowest BCUT2D eigenvalue weighted by Crippen LogP contribution is -2.43. The lowest BCUT2D eigenvalue weighted by molar-refractivity contribution is 0.174. The molecule has 1 fully saturated rings. The molecule has 1 aliphatic rings. The van der Waals surface area contributed by atoms with Crippen LogP contribution >= 0.6 is 0 Å². The van der Waals surface area contributed by atoms with Gasteiger partial charge in [0, 0.05) is 18.6 Å². The van der Waals surface area contributed by atoms with Crippen molar-refractivity contribution in [3.05, 3.63) is 35.4 Å². The van der Waals surface area contributed by atoms with Crippen LogP contribution in [0, 0.1) is 12.8 Å². The number of likely N-dealkylation sites (tertiary alicyclic amines) is 1. The van der Waals surface area contributed by atoms with Gasteiger partial charge in [0.05, 0.1) is 0 Å². The topological polar surface area (TPSA) is 15.3 Å². The highest BCUT2D eigenvalue weighted by Gasteiger charge is 2.24. The first-order chi connectivity index (χ1) is 9.08. The van der Waals surface area contributed by atoms with Crippen molar-refractivity contribution in [1.82, 2.24) is 10.2 Å². The molecule has 0 aliphatic carbocycles. The number of hydrogen-bond donors (Lipinski definition) is 1. The van der Waals surface area contributed by atoms with Gasteiger partial charge in [0.15, 0.2) is 0 Å². The highest BCUT2D eigenvalue weighted by molar-refractivity contribution is 5.28. The zero-order valence-corrected chi connectivity index (χ0v) is 12.8. The van der Waals surface area contributed by atoms with Gasteiger partial charge in [-0.25, -0.2) is 0 Å². The van der Waals surface area contributed by atoms with Crippen molar-refractivity contribution in [1.29, 1.82) is 0 Å². The van der Waals surface area contributed by atoms with Gasteiger partial charge in [-0.3, -0.25) is 0 Å². The summed E-state index contributed by atoms with van der Waals surface area (Å²) in [5.41, 5.74) is 2.81. The Bertz CT molecular complexity index is 402. The Kier molecular flexibility index (Phi) is 5.00. The van der Waals surface area contributed by atoms with Crippen molar-refractivity contribution in [2.24, 2.45) is 5.92 Å². The van der Waals surface area contributed by atoms with Crippen LogP contribution in [0.4, 0.5) is 0 Å². The SMILES string of the molecule is Cc1ccccc1[C@@H](C)NC(C)C1CCCN(C)C1. The Balaban J connectivity index is 1.95. The first-order valence-electron chi connectivity index (χ1n) is 7.58. The number of benzene rings is 1. The first kappa shape index (κ1) is 14.5. The van der Waals surface area contributed by atoms with Gasteiger partial charge in [0.25, 0.3) is 0 Å². The number of hydrogen-bond acceptors (Lipinski definition) is 2. The molecule has 3 atom stereocenters. The molecule has 1 N–H and O–H groups in total. The Hall–Kier alpha value is -0.860. The second-order valence-electron chi connectivity index (χ2n) is 6.20. The number of nitrogens with one attached hydrogen (secondary N) is 1. The van der Waals surface area contributed by atoms with E-state index in [1.165, 1.54) is 37.1 Å². The maximum atomic E-state index is 3.80. The fourth-order valence-electron chi connectivity index (χ4n) is 3.31. The molecule has 0 spiro atoms. The third-order valence-corrected chi connectivity index (χ3v) is 4.54. The number of rotatable bonds is 4. The predicted molar refractivity (Wildman–Crippen MR) is 82.4 cm³/mol. The third kappa shape index (κ3) is 3.80. The molecular formula is C17H28N2. The van der Waals surface area contributed by atoms with Crippen molar-refractivity contribution < 1.29 is 0 Å². The highest BCUT2D eigenvalue weighted by Crippen LogP contribution is 2.22. The predicted octanol–water partition coefficient (Wildman–Crippen LogP) is 3.38. The molecule has 0 saturated carbocycles. The summed E-state index contributed by atoms with van der Waals surface area (Å²) in [6.07, 6.45) is 2.70. The molecule has 1 aromatic rings. The lowest BCUT2D eigenvalue weighted by Gasteiger charge is -2.35. The quantitative estimate of drug-likeness (QED) is 0.893. The molecule has 0 amide bonds. The molecular weight excluding hydrogens is 232 g/mol. The molecule has 106 valence electrons. The second kappa shape index (κ2) is 6.53. The Morgan fingerprint density at radius 3 is 2.68 bits per heavy atom. The smallest absolute Gasteiger partial charge is 0.0296 e. The summed E-state index contributed by atoms with van der Waals surface area (Å²) in [4.78, 5) is 2.46. The van der Waals surface area contributed by atoms with Crippen LogP contribution in [0.3, 0.4) is 0 Å². The zero-order chi connectivity index (χ0) is 13.8. The van der Waals surface area contributed by atoms with E-state index in [-0.39, 0.29) is 0 Å². The van der Waals surface area contributed by atoms with Crippen LogP contribution < -0.4 is 5.32 Å². The molecule has 1 saturated heterocycles. The van der Waals surface area contributed by atoms with Crippen LogP contribution in [0.25, 0.3) is 0 Å². The van der Waals surface area contributed by atoms with E-state index in [0.29, 0.717) is 12.1 Å². The number of piperidine rings is 1. The monoisotopic (exact) mass is 260 g/mol. The maximum absolute atomic E-state index is 3.80. The van der Waals surface area contributed by atoms with Crippen LogP contribution in [-0.2, 0) is 0 Å². The molecule has 19 heavy (non-hydrogen) atoms. The van der Waals surface area contributed by atoms with Crippen molar-refractivity contribution in [2.45, 2.75) is 45.7 Å². The van der Waals surface area contributed by atoms with Crippen molar-refractivity contribution in [2.75, 3.05) is 20.1 Å². The molecule has 2 rings (SSSR count). The highest BCUT2D eigenvalue weighted by atomic mass is 15.1. The second-order valence-corrected chi connectivity index (χ2v) is 6.20. The van der Waals surface area contributed by atoms with Gasteiger partial charge < -0.3 is 10.2 Å². The third-order valence-electron chi connectivity index (χ3n) is 4.54. The summed E-state index contributed by atoms with van der Waals surface area (Å²) in [5.74, 6) is 0.783. The zero-order valence-electron chi connectivity index (χ0n) is 12.8. The summed E-state index contributed by atoms with van der Waals surface area (Å²) in [7, 11) is 2.24. The summed E-state index contributed by atoms with van der Waals surface area (Å²) in [6, 6.07) is 9.71. The first-order valence-corrected chi connectivity index (χ1v) is 7.58. The molecule has 1 aromatic carbocycles. The Morgan fingerprint density at radius 1 is 1.26 bits per heavy atom. The molecule has 1 aliphatic heterocycles. The van der Waals surface area contributed by atoms with Gasteiger partial charge in [-0.1, -0.05) is 24.3 Å². The molecule has 0 radical (unpaired) electrons. The van der Waals surface area contributed by atoms with E-state index < -0.39 is 0 Å². The van der Waals surface area contributed by atoms with E-state index in [1.807, 2.05) is 0 Å². The van der Waals surface area contributed by atoms with E-state index in [2.05, 4.69) is 62.3 Å². The Labute approximate surface area is 118 Å². The summed E-state index contributed by atoms with van der Waals surface area (Å²) >= 11 is 0. The van der Waals surface area contributed by atoms with E-state index in [9.17, 15) is 0 Å². The number of aryl methyl sites for hydroxylation is 1. The van der Waals surface area contributed by atoms with Crippen LogP contribution in [0.5, 0.6) is 0 Å². The fraction of sp³-hybridized carbons (Fsp3) is 0.647. The van der Waals surface area contributed by atoms with Crippen LogP contribution in [0.1, 0.15) is 43.9 Å². The van der Waals surface area contributed by atoms with Gasteiger partial charge in [0.1, 0.15) is 0 Å². The minimum atomic E-state index is 0.434. The summed E-state index contributed by atoms with van der Waals surface area (Å²) < 4.78 is 0.